The normalized spacial score (nSPS) is 29.1. The van der Waals surface area contributed by atoms with Gasteiger partial charge in [0, 0.05) is 31.9 Å². The Morgan fingerprint density at radius 3 is 2.42 bits per heavy atom. The van der Waals surface area contributed by atoms with Gasteiger partial charge in [-0.3, -0.25) is 9.20 Å². The summed E-state index contributed by atoms with van der Waals surface area (Å²) in [6.07, 6.45) is 5.56. The second kappa shape index (κ2) is 13.0. The van der Waals surface area contributed by atoms with Crippen LogP contribution in [0.1, 0.15) is 83.8 Å². The zero-order chi connectivity index (χ0) is 31.1. The van der Waals surface area contributed by atoms with Crippen molar-refractivity contribution in [3.05, 3.63) is 24.3 Å². The molecule has 2 N–H and O–H groups in total. The van der Waals surface area contributed by atoms with E-state index in [1.807, 2.05) is 34.6 Å². The van der Waals surface area contributed by atoms with E-state index in [2.05, 4.69) is 9.88 Å². The van der Waals surface area contributed by atoms with Gasteiger partial charge in [-0.25, -0.2) is 13.4 Å². The number of aliphatic hydroxyl groups excluding tert-OH is 2. The van der Waals surface area contributed by atoms with Crippen molar-refractivity contribution in [3.63, 3.8) is 0 Å². The molecule has 0 spiro atoms. The number of fused-ring (bicyclic) bond motifs is 1. The minimum Gasteiger partial charge on any atom is -0.395 e. The number of carbonyl (C=O) groups is 1. The lowest BCUT2D eigenvalue weighted by Gasteiger charge is -2.37. The topological polar surface area (TPSA) is 137 Å². The Balaban J connectivity index is 1.66. The average molecular weight is 622 g/mol. The molecule has 240 valence electrons. The monoisotopic (exact) mass is 621 g/mol. The molecule has 13 heteroatoms. The van der Waals surface area contributed by atoms with Crippen LogP contribution in [0.3, 0.4) is 0 Å². The second-order valence-electron chi connectivity index (χ2n) is 12.4. The summed E-state index contributed by atoms with van der Waals surface area (Å²) < 4.78 is 44.2. The van der Waals surface area contributed by atoms with E-state index >= 15 is 0 Å². The lowest BCUT2D eigenvalue weighted by atomic mass is 10.1. The molecule has 7 atom stereocenters. The van der Waals surface area contributed by atoms with Crippen molar-refractivity contribution in [3.8, 4) is 0 Å². The molecule has 1 aliphatic carbocycles. The number of sulfonamides is 1. The minimum atomic E-state index is -4.08. The van der Waals surface area contributed by atoms with Gasteiger partial charge in [-0.1, -0.05) is 6.92 Å². The number of anilines is 1. The first-order chi connectivity index (χ1) is 20.5. The maximum Gasteiger partial charge on any atom is 0.290 e. The highest BCUT2D eigenvalue weighted by atomic mass is 32.2. The van der Waals surface area contributed by atoms with Crippen LogP contribution in [0, 0.1) is 0 Å². The summed E-state index contributed by atoms with van der Waals surface area (Å²) in [6, 6.07) is 0.933. The van der Waals surface area contributed by atoms with Crippen LogP contribution in [0.2, 0.25) is 0 Å². The quantitative estimate of drug-likeness (QED) is 0.410. The summed E-state index contributed by atoms with van der Waals surface area (Å²) in [7, 11) is -4.08. The summed E-state index contributed by atoms with van der Waals surface area (Å²) in [5, 5.41) is 20.4. The molecule has 1 amide bonds. The number of hydrogen-bond acceptors (Lipinski definition) is 9. The third-order valence-electron chi connectivity index (χ3n) is 9.09. The molecule has 1 saturated carbocycles. The van der Waals surface area contributed by atoms with Crippen LogP contribution in [0.15, 0.2) is 23.4 Å². The fourth-order valence-corrected chi connectivity index (χ4v) is 8.70. The van der Waals surface area contributed by atoms with Crippen molar-refractivity contribution >= 4 is 27.1 Å². The molecule has 3 unspecified atom stereocenters. The van der Waals surface area contributed by atoms with Crippen LogP contribution in [0.25, 0.3) is 5.52 Å². The van der Waals surface area contributed by atoms with Crippen LogP contribution in [0.5, 0.6) is 0 Å². The molecular weight excluding hydrogens is 574 g/mol. The SMILES string of the molecule is CCC(C)N(C1CCC(C)O1)S(=O)(=O)c1cc(N2C[C@H](C)O[C@@H](C)C2)c2cnc(C(=O)N(CCO)[C@H]3CCC[C@@H]3O)n2c1. The predicted octanol–water partition coefficient (Wildman–Crippen LogP) is 2.61. The third-order valence-corrected chi connectivity index (χ3v) is 11.1. The number of imidazole rings is 1. The molecule has 2 aliphatic heterocycles. The summed E-state index contributed by atoms with van der Waals surface area (Å²) in [5.41, 5.74) is 1.24. The number of aromatic nitrogens is 2. The van der Waals surface area contributed by atoms with Crippen LogP contribution in [-0.2, 0) is 19.5 Å². The molecule has 2 aromatic rings. The molecule has 0 bridgehead atoms. The van der Waals surface area contributed by atoms with E-state index in [0.717, 1.165) is 12.8 Å². The van der Waals surface area contributed by atoms with Crippen LogP contribution < -0.4 is 4.90 Å². The van der Waals surface area contributed by atoms with E-state index in [-0.39, 0.29) is 48.2 Å². The Labute approximate surface area is 254 Å². The Morgan fingerprint density at radius 1 is 1.12 bits per heavy atom. The Hall–Kier alpha value is -2.29. The van der Waals surface area contributed by atoms with Gasteiger partial charge in [-0.2, -0.15) is 4.31 Å². The molecule has 12 nitrogen and oxygen atoms in total. The van der Waals surface area contributed by atoms with Gasteiger partial charge in [0.25, 0.3) is 5.91 Å². The van der Waals surface area contributed by atoms with E-state index in [9.17, 15) is 23.4 Å². The Kier molecular flexibility index (Phi) is 9.69. The van der Waals surface area contributed by atoms with Gasteiger partial charge in [0.1, 0.15) is 11.1 Å². The van der Waals surface area contributed by atoms with Gasteiger partial charge in [-0.05, 0) is 72.3 Å². The van der Waals surface area contributed by atoms with Crippen molar-refractivity contribution in [1.29, 1.82) is 0 Å². The molecule has 3 aliphatic rings. The van der Waals surface area contributed by atoms with Gasteiger partial charge in [-0.15, -0.1) is 0 Å². The first kappa shape index (κ1) is 32.1. The fraction of sp³-hybridized carbons (Fsp3) is 0.733. The van der Waals surface area contributed by atoms with Crippen molar-refractivity contribution in [1.82, 2.24) is 18.6 Å². The molecule has 43 heavy (non-hydrogen) atoms. The number of rotatable bonds is 10. The zero-order valence-electron chi connectivity index (χ0n) is 25.9. The van der Waals surface area contributed by atoms with Gasteiger partial charge in [0.05, 0.1) is 54.5 Å². The number of amides is 1. The molecule has 0 aromatic carbocycles. The number of nitrogens with zero attached hydrogens (tertiary/aromatic N) is 5. The smallest absolute Gasteiger partial charge is 0.290 e. The standard InChI is InChI=1S/C30H47N5O7S/c1-6-19(2)35(28-11-10-20(3)42-28)43(39,40)23-14-25(32-16-21(4)41-22(5)17-32)26-15-31-29(34(26)18-23)30(38)33(12-13-36)24-8-7-9-27(24)37/h14-15,18-22,24,27-28,36-37H,6-13,16-17H2,1-5H3/t19?,20?,21-,22-,24-,27-,28?/m0/s1. The number of ether oxygens (including phenoxy) is 2. The van der Waals surface area contributed by atoms with E-state index in [1.54, 1.807) is 16.7 Å². The van der Waals surface area contributed by atoms with Crippen LogP contribution in [-0.4, -0.2) is 112 Å². The lowest BCUT2D eigenvalue weighted by Crippen LogP contribution is -2.47. The Bertz CT molecular complexity index is 1390. The number of hydrogen-bond donors (Lipinski definition) is 2. The average Bonchev–Trinajstić information content (AvgIpc) is 3.70. The van der Waals surface area contributed by atoms with E-state index in [0.29, 0.717) is 50.0 Å². The third kappa shape index (κ3) is 6.30. The number of pyridine rings is 1. The summed E-state index contributed by atoms with van der Waals surface area (Å²) >= 11 is 0. The van der Waals surface area contributed by atoms with Crippen LogP contribution >= 0.6 is 0 Å². The van der Waals surface area contributed by atoms with E-state index < -0.39 is 34.3 Å². The molecule has 0 radical (unpaired) electrons. The van der Waals surface area contributed by atoms with Crippen molar-refractivity contribution in [2.75, 3.05) is 31.1 Å². The predicted molar refractivity (Wildman–Crippen MR) is 162 cm³/mol. The van der Waals surface area contributed by atoms with Crippen molar-refractivity contribution in [2.24, 2.45) is 0 Å². The summed E-state index contributed by atoms with van der Waals surface area (Å²) in [6.45, 7) is 10.6. The van der Waals surface area contributed by atoms with Crippen molar-refractivity contribution in [2.45, 2.75) is 121 Å². The molecule has 4 heterocycles. The van der Waals surface area contributed by atoms with Gasteiger partial charge in [0.2, 0.25) is 15.8 Å². The highest BCUT2D eigenvalue weighted by molar-refractivity contribution is 7.89. The molecule has 2 saturated heterocycles. The minimum absolute atomic E-state index is 0.0380. The largest absolute Gasteiger partial charge is 0.395 e. The van der Waals surface area contributed by atoms with Gasteiger partial charge >= 0.3 is 0 Å². The fourth-order valence-electron chi connectivity index (χ4n) is 6.87. The van der Waals surface area contributed by atoms with E-state index in [1.165, 1.54) is 15.4 Å². The molecular formula is C30H47N5O7S. The first-order valence-electron chi connectivity index (χ1n) is 15.7. The number of carbonyl (C=O) groups excluding carboxylic acids is 1. The van der Waals surface area contributed by atoms with E-state index in [4.69, 9.17) is 9.47 Å². The lowest BCUT2D eigenvalue weighted by molar-refractivity contribution is -0.0223. The second-order valence-corrected chi connectivity index (χ2v) is 14.3. The highest BCUT2D eigenvalue weighted by Gasteiger charge is 2.41. The van der Waals surface area contributed by atoms with Gasteiger partial charge < -0.3 is 29.5 Å². The maximum absolute atomic E-state index is 14.5. The van der Waals surface area contributed by atoms with Gasteiger partial charge in [0.15, 0.2) is 0 Å². The zero-order valence-corrected chi connectivity index (χ0v) is 26.7. The molecule has 5 rings (SSSR count). The number of morpholine rings is 1. The van der Waals surface area contributed by atoms with Crippen LogP contribution in [0.4, 0.5) is 5.69 Å². The first-order valence-corrected chi connectivity index (χ1v) is 17.1. The maximum atomic E-state index is 14.5. The Morgan fingerprint density at radius 2 is 1.84 bits per heavy atom. The molecule has 2 aromatic heterocycles. The summed E-state index contributed by atoms with van der Waals surface area (Å²) in [5.74, 6) is -0.424. The van der Waals surface area contributed by atoms with Crippen molar-refractivity contribution < 1.29 is 32.9 Å². The highest BCUT2D eigenvalue weighted by Crippen LogP contribution is 2.35. The molecule has 3 fully saturated rings. The number of aliphatic hydroxyl groups is 2. The summed E-state index contributed by atoms with van der Waals surface area (Å²) in [4.78, 5) is 22.2.